The van der Waals surface area contributed by atoms with Crippen LogP contribution in [0.15, 0.2) is 35.4 Å². The number of rotatable bonds is 5. The van der Waals surface area contributed by atoms with Crippen LogP contribution in [0, 0.1) is 0 Å². The van der Waals surface area contributed by atoms with Crippen molar-refractivity contribution in [3.05, 3.63) is 30.3 Å². The van der Waals surface area contributed by atoms with Crippen molar-refractivity contribution < 1.29 is 4.79 Å². The lowest BCUT2D eigenvalue weighted by molar-refractivity contribution is -0.122. The first-order valence-corrected chi connectivity index (χ1v) is 6.34. The Hall–Kier alpha value is -2.57. The third-order valence-corrected chi connectivity index (χ3v) is 2.65. The molecule has 7 nitrogen and oxygen atoms in total. The van der Waals surface area contributed by atoms with Gasteiger partial charge >= 0.3 is 0 Å². The lowest BCUT2D eigenvalue weighted by Gasteiger charge is -1.99. The second-order valence-electron chi connectivity index (χ2n) is 4.25. The molecule has 1 amide bonds. The minimum atomic E-state index is -0.283. The van der Waals surface area contributed by atoms with Crippen molar-refractivity contribution in [3.8, 4) is 11.4 Å². The molecule has 0 spiro atoms. The zero-order valence-electron chi connectivity index (χ0n) is 11.4. The number of amides is 1. The van der Waals surface area contributed by atoms with Crippen LogP contribution in [0.25, 0.3) is 11.4 Å². The monoisotopic (exact) mass is 272 g/mol. The van der Waals surface area contributed by atoms with Crippen LogP contribution in [-0.4, -0.2) is 31.8 Å². The smallest absolute Gasteiger partial charge is 0.263 e. The molecule has 1 aromatic carbocycles. The summed E-state index contributed by atoms with van der Waals surface area (Å²) in [6, 6.07) is 9.47. The van der Waals surface area contributed by atoms with Crippen molar-refractivity contribution in [2.45, 2.75) is 26.8 Å². The number of hydrogen-bond donors (Lipinski definition) is 1. The Labute approximate surface area is 116 Å². The Bertz CT molecular complexity index is 604. The predicted molar refractivity (Wildman–Crippen MR) is 74.8 cm³/mol. The molecule has 1 heterocycles. The summed E-state index contributed by atoms with van der Waals surface area (Å²) in [6.07, 6.45) is 0.792. The quantitative estimate of drug-likeness (QED) is 0.655. The zero-order valence-corrected chi connectivity index (χ0v) is 11.4. The molecule has 0 aliphatic heterocycles. The van der Waals surface area contributed by atoms with Gasteiger partial charge in [0.1, 0.15) is 6.54 Å². The minimum absolute atomic E-state index is 0.0136. The van der Waals surface area contributed by atoms with E-state index in [0.717, 1.165) is 17.7 Å². The van der Waals surface area contributed by atoms with E-state index in [0.29, 0.717) is 5.82 Å². The fourth-order valence-electron chi connectivity index (χ4n) is 1.41. The molecule has 0 aliphatic rings. The molecular weight excluding hydrogens is 256 g/mol. The molecule has 0 saturated carbocycles. The van der Waals surface area contributed by atoms with Crippen LogP contribution < -0.4 is 5.43 Å². The number of carbonyl (C=O) groups excluding carboxylic acids is 1. The molecule has 1 N–H and O–H groups in total. The number of benzene rings is 1. The molecule has 2 aromatic rings. The lowest BCUT2D eigenvalue weighted by Crippen LogP contribution is -2.25. The third kappa shape index (κ3) is 3.71. The molecule has 0 atom stereocenters. The maximum atomic E-state index is 11.6. The number of hydrogen-bond acceptors (Lipinski definition) is 5. The van der Waals surface area contributed by atoms with Crippen molar-refractivity contribution in [1.82, 2.24) is 25.6 Å². The van der Waals surface area contributed by atoms with Gasteiger partial charge in [-0.25, -0.2) is 5.43 Å². The summed E-state index contributed by atoms with van der Waals surface area (Å²) >= 11 is 0. The fourth-order valence-corrected chi connectivity index (χ4v) is 1.41. The minimum Gasteiger partial charge on any atom is -0.271 e. The largest absolute Gasteiger partial charge is 0.271 e. The van der Waals surface area contributed by atoms with Crippen LogP contribution in [0.2, 0.25) is 0 Å². The standard InChI is InChI=1S/C13H16N6O/c1-3-10(2)14-15-12(20)9-19-17-13(16-18-19)11-7-5-4-6-8-11/h4-8H,3,9H2,1-2H3,(H,15,20)/b14-10-. The van der Waals surface area contributed by atoms with E-state index in [1.165, 1.54) is 4.80 Å². The molecule has 7 heteroatoms. The van der Waals surface area contributed by atoms with E-state index in [-0.39, 0.29) is 12.5 Å². The average Bonchev–Trinajstić information content (AvgIpc) is 2.94. The topological polar surface area (TPSA) is 85.1 Å². The van der Waals surface area contributed by atoms with Gasteiger partial charge in [0, 0.05) is 11.3 Å². The first-order valence-electron chi connectivity index (χ1n) is 6.34. The third-order valence-electron chi connectivity index (χ3n) is 2.65. The highest BCUT2D eigenvalue weighted by molar-refractivity contribution is 5.84. The Morgan fingerprint density at radius 1 is 1.35 bits per heavy atom. The van der Waals surface area contributed by atoms with E-state index < -0.39 is 0 Å². The first kappa shape index (κ1) is 13.9. The van der Waals surface area contributed by atoms with Gasteiger partial charge in [-0.05, 0) is 18.6 Å². The van der Waals surface area contributed by atoms with E-state index in [1.807, 2.05) is 44.2 Å². The van der Waals surface area contributed by atoms with Crippen molar-refractivity contribution in [2.75, 3.05) is 0 Å². The van der Waals surface area contributed by atoms with E-state index in [1.54, 1.807) is 0 Å². The van der Waals surface area contributed by atoms with Crippen molar-refractivity contribution in [3.63, 3.8) is 0 Å². The van der Waals surface area contributed by atoms with E-state index >= 15 is 0 Å². The molecule has 0 bridgehead atoms. The first-order chi connectivity index (χ1) is 9.69. The summed E-state index contributed by atoms with van der Waals surface area (Å²) < 4.78 is 0. The van der Waals surface area contributed by atoms with Gasteiger partial charge in [0.05, 0.1) is 0 Å². The predicted octanol–water partition coefficient (Wildman–Crippen LogP) is 1.24. The van der Waals surface area contributed by atoms with E-state index in [4.69, 9.17) is 0 Å². The van der Waals surface area contributed by atoms with Gasteiger partial charge in [0.2, 0.25) is 5.82 Å². The molecule has 104 valence electrons. The molecule has 0 unspecified atom stereocenters. The van der Waals surface area contributed by atoms with Crippen LogP contribution in [0.5, 0.6) is 0 Å². The summed E-state index contributed by atoms with van der Waals surface area (Å²) in [6.45, 7) is 3.80. The molecule has 20 heavy (non-hydrogen) atoms. The molecular formula is C13H16N6O. The van der Waals surface area contributed by atoms with Crippen molar-refractivity contribution in [1.29, 1.82) is 0 Å². The van der Waals surface area contributed by atoms with Gasteiger partial charge in [-0.15, -0.1) is 10.2 Å². The number of tetrazole rings is 1. The van der Waals surface area contributed by atoms with Gasteiger partial charge in [0.15, 0.2) is 0 Å². The number of carbonyl (C=O) groups is 1. The second-order valence-corrected chi connectivity index (χ2v) is 4.25. The van der Waals surface area contributed by atoms with Crippen LogP contribution in [0.3, 0.4) is 0 Å². The normalized spacial score (nSPS) is 11.4. The summed E-state index contributed by atoms with van der Waals surface area (Å²) in [7, 11) is 0. The summed E-state index contributed by atoms with van der Waals surface area (Å²) in [5.41, 5.74) is 4.17. The molecule has 0 radical (unpaired) electrons. The van der Waals surface area contributed by atoms with E-state index in [2.05, 4.69) is 25.9 Å². The Morgan fingerprint density at radius 3 is 2.80 bits per heavy atom. The average molecular weight is 272 g/mol. The van der Waals surface area contributed by atoms with Crippen LogP contribution >= 0.6 is 0 Å². The van der Waals surface area contributed by atoms with Gasteiger partial charge in [-0.3, -0.25) is 4.79 Å². The van der Waals surface area contributed by atoms with Crippen molar-refractivity contribution >= 4 is 11.6 Å². The Balaban J connectivity index is 1.98. The lowest BCUT2D eigenvalue weighted by atomic mass is 10.2. The fraction of sp³-hybridized carbons (Fsp3) is 0.308. The summed E-state index contributed by atoms with van der Waals surface area (Å²) in [5, 5.41) is 15.8. The van der Waals surface area contributed by atoms with Crippen LogP contribution in [0.4, 0.5) is 0 Å². The molecule has 2 rings (SSSR count). The van der Waals surface area contributed by atoms with Gasteiger partial charge in [-0.1, -0.05) is 37.3 Å². The maximum Gasteiger partial charge on any atom is 0.263 e. The maximum absolute atomic E-state index is 11.6. The number of aromatic nitrogens is 4. The second kappa shape index (κ2) is 6.55. The number of nitrogens with one attached hydrogen (secondary N) is 1. The summed E-state index contributed by atoms with van der Waals surface area (Å²) in [5.74, 6) is 0.210. The molecule has 0 aliphatic carbocycles. The van der Waals surface area contributed by atoms with E-state index in [9.17, 15) is 4.79 Å². The highest BCUT2D eigenvalue weighted by Crippen LogP contribution is 2.11. The SMILES string of the molecule is CC/C(C)=N\NC(=O)Cn1nnc(-c2ccccc2)n1. The van der Waals surface area contributed by atoms with Gasteiger partial charge in [0.25, 0.3) is 5.91 Å². The molecule has 0 fully saturated rings. The Morgan fingerprint density at radius 2 is 2.10 bits per heavy atom. The van der Waals surface area contributed by atoms with Gasteiger partial charge < -0.3 is 0 Å². The highest BCUT2D eigenvalue weighted by atomic mass is 16.2. The zero-order chi connectivity index (χ0) is 14.4. The van der Waals surface area contributed by atoms with Crippen molar-refractivity contribution in [2.24, 2.45) is 5.10 Å². The number of hydrazone groups is 1. The summed E-state index contributed by atoms with van der Waals surface area (Å²) in [4.78, 5) is 12.9. The number of nitrogens with zero attached hydrogens (tertiary/aromatic N) is 5. The van der Waals surface area contributed by atoms with Gasteiger partial charge in [-0.2, -0.15) is 9.90 Å². The van der Waals surface area contributed by atoms with Crippen LogP contribution in [0.1, 0.15) is 20.3 Å². The van der Waals surface area contributed by atoms with Crippen LogP contribution in [-0.2, 0) is 11.3 Å². The molecule has 1 aromatic heterocycles. The highest BCUT2D eigenvalue weighted by Gasteiger charge is 2.08. The Kier molecular flexibility index (Phi) is 4.54. The molecule has 0 saturated heterocycles.